The Kier molecular flexibility index (Phi) is 3.11. The summed E-state index contributed by atoms with van der Waals surface area (Å²) in [5.74, 6) is -0.336. The Morgan fingerprint density at radius 3 is 2.73 bits per heavy atom. The maximum Gasteiger partial charge on any atom is 0.331 e. The molecule has 0 N–H and O–H groups in total. The van der Waals surface area contributed by atoms with Crippen LogP contribution in [-0.4, -0.2) is 30.7 Å². The fourth-order valence-corrected chi connectivity index (χ4v) is 1.13. The molecule has 0 spiro atoms. The molecular weight excluding hydrogens is 142 g/mol. The van der Waals surface area contributed by atoms with Gasteiger partial charge in [0.25, 0.3) is 0 Å². The van der Waals surface area contributed by atoms with E-state index >= 15 is 0 Å². The summed E-state index contributed by atoms with van der Waals surface area (Å²) in [6, 6.07) is 0. The van der Waals surface area contributed by atoms with Gasteiger partial charge in [-0.1, -0.05) is 6.58 Å². The number of likely N-dealkylation sites (tertiary alicyclic amines) is 1. The molecule has 0 unspecified atom stereocenters. The van der Waals surface area contributed by atoms with Gasteiger partial charge in [-0.15, -0.1) is 0 Å². The largest absolute Gasteiger partial charge is 0.446 e. The maximum absolute atomic E-state index is 10.6. The predicted octanol–water partition coefficient (Wildman–Crippen LogP) is 0.769. The molecule has 1 aliphatic heterocycles. The average molecular weight is 155 g/mol. The minimum absolute atomic E-state index is 0.336. The van der Waals surface area contributed by atoms with Gasteiger partial charge < -0.3 is 4.74 Å². The smallest absolute Gasteiger partial charge is 0.331 e. The quantitative estimate of drug-likeness (QED) is 0.445. The number of nitrogens with zero attached hydrogens (tertiary/aromatic N) is 1. The number of hydrogen-bond acceptors (Lipinski definition) is 3. The topological polar surface area (TPSA) is 29.5 Å². The lowest BCUT2D eigenvalue weighted by atomic mass is 10.4. The van der Waals surface area contributed by atoms with Gasteiger partial charge >= 0.3 is 5.97 Å². The Balaban J connectivity index is 2.10. The second-order valence-corrected chi connectivity index (χ2v) is 2.62. The molecule has 3 heteroatoms. The minimum atomic E-state index is -0.336. The molecule has 0 amide bonds. The first-order chi connectivity index (χ1) is 5.33. The first kappa shape index (κ1) is 8.27. The molecule has 0 aliphatic carbocycles. The SMILES string of the molecule is C=CC(=O)OCN1CCCC1. The van der Waals surface area contributed by atoms with Crippen molar-refractivity contribution in [3.05, 3.63) is 12.7 Å². The van der Waals surface area contributed by atoms with Gasteiger partial charge in [-0.2, -0.15) is 0 Å². The molecule has 0 aromatic rings. The highest BCUT2D eigenvalue weighted by molar-refractivity contribution is 5.81. The summed E-state index contributed by atoms with van der Waals surface area (Å²) >= 11 is 0. The van der Waals surface area contributed by atoms with E-state index in [0.29, 0.717) is 6.73 Å². The van der Waals surface area contributed by atoms with Gasteiger partial charge in [0.1, 0.15) is 6.73 Å². The van der Waals surface area contributed by atoms with Gasteiger partial charge in [-0.3, -0.25) is 4.90 Å². The molecule has 11 heavy (non-hydrogen) atoms. The summed E-state index contributed by atoms with van der Waals surface area (Å²) in [5.41, 5.74) is 0. The zero-order valence-electron chi connectivity index (χ0n) is 6.58. The standard InChI is InChI=1S/C8H13NO2/c1-2-8(10)11-7-9-5-3-4-6-9/h2H,1,3-7H2. The lowest BCUT2D eigenvalue weighted by Gasteiger charge is -2.12. The predicted molar refractivity (Wildman–Crippen MR) is 42.0 cm³/mol. The molecule has 0 aromatic heterocycles. The highest BCUT2D eigenvalue weighted by atomic mass is 16.5. The number of rotatable bonds is 3. The van der Waals surface area contributed by atoms with Gasteiger partial charge in [0.2, 0.25) is 0 Å². The van der Waals surface area contributed by atoms with Crippen molar-refractivity contribution in [2.45, 2.75) is 12.8 Å². The highest BCUT2D eigenvalue weighted by Crippen LogP contribution is 2.06. The minimum Gasteiger partial charge on any atom is -0.446 e. The number of hydrogen-bond donors (Lipinski definition) is 0. The van der Waals surface area contributed by atoms with Crippen LogP contribution in [0.1, 0.15) is 12.8 Å². The molecular formula is C8H13NO2. The first-order valence-electron chi connectivity index (χ1n) is 3.84. The average Bonchev–Trinajstić information content (AvgIpc) is 2.52. The van der Waals surface area contributed by atoms with Crippen LogP contribution in [0.4, 0.5) is 0 Å². The van der Waals surface area contributed by atoms with Crippen LogP contribution in [-0.2, 0) is 9.53 Å². The highest BCUT2D eigenvalue weighted by Gasteiger charge is 2.11. The monoisotopic (exact) mass is 155 g/mol. The van der Waals surface area contributed by atoms with E-state index in [1.54, 1.807) is 0 Å². The second-order valence-electron chi connectivity index (χ2n) is 2.62. The summed E-state index contributed by atoms with van der Waals surface area (Å²) in [7, 11) is 0. The summed E-state index contributed by atoms with van der Waals surface area (Å²) in [4.78, 5) is 12.7. The normalized spacial score (nSPS) is 18.2. The Bertz CT molecular complexity index is 150. The van der Waals surface area contributed by atoms with Gasteiger partial charge in [0, 0.05) is 19.2 Å². The van der Waals surface area contributed by atoms with E-state index in [1.165, 1.54) is 18.9 Å². The van der Waals surface area contributed by atoms with Crippen LogP contribution in [0.3, 0.4) is 0 Å². The Labute approximate surface area is 66.6 Å². The lowest BCUT2D eigenvalue weighted by molar-refractivity contribution is -0.141. The van der Waals surface area contributed by atoms with Gasteiger partial charge in [0.15, 0.2) is 0 Å². The molecule has 3 nitrogen and oxygen atoms in total. The Hall–Kier alpha value is -0.830. The van der Waals surface area contributed by atoms with Gasteiger partial charge in [0.05, 0.1) is 0 Å². The van der Waals surface area contributed by atoms with Crippen molar-refractivity contribution < 1.29 is 9.53 Å². The molecule has 1 heterocycles. The number of esters is 1. The molecule has 0 atom stereocenters. The van der Waals surface area contributed by atoms with E-state index < -0.39 is 0 Å². The van der Waals surface area contributed by atoms with E-state index in [4.69, 9.17) is 4.74 Å². The lowest BCUT2D eigenvalue weighted by Crippen LogP contribution is -2.24. The van der Waals surface area contributed by atoms with Crippen molar-refractivity contribution in [1.29, 1.82) is 0 Å². The van der Waals surface area contributed by atoms with Crippen molar-refractivity contribution in [3.8, 4) is 0 Å². The summed E-state index contributed by atoms with van der Waals surface area (Å²) in [6.45, 7) is 5.83. The molecule has 1 aliphatic rings. The van der Waals surface area contributed by atoms with E-state index in [1.807, 2.05) is 0 Å². The first-order valence-corrected chi connectivity index (χ1v) is 3.84. The Morgan fingerprint density at radius 2 is 2.18 bits per heavy atom. The molecule has 62 valence electrons. The van der Waals surface area contributed by atoms with E-state index in [-0.39, 0.29) is 5.97 Å². The third kappa shape index (κ3) is 2.72. The molecule has 0 saturated carbocycles. The van der Waals surface area contributed by atoms with Crippen LogP contribution in [0.2, 0.25) is 0 Å². The van der Waals surface area contributed by atoms with Gasteiger partial charge in [-0.25, -0.2) is 4.79 Å². The van der Waals surface area contributed by atoms with Crippen LogP contribution in [0.5, 0.6) is 0 Å². The summed E-state index contributed by atoms with van der Waals surface area (Å²) < 4.78 is 4.84. The Morgan fingerprint density at radius 1 is 1.55 bits per heavy atom. The number of carbonyl (C=O) groups excluding carboxylic acids is 1. The van der Waals surface area contributed by atoms with E-state index in [0.717, 1.165) is 13.1 Å². The molecule has 0 aromatic carbocycles. The van der Waals surface area contributed by atoms with Crippen molar-refractivity contribution in [3.63, 3.8) is 0 Å². The van der Waals surface area contributed by atoms with E-state index in [2.05, 4.69) is 11.5 Å². The zero-order chi connectivity index (χ0) is 8.10. The molecule has 1 saturated heterocycles. The summed E-state index contributed by atoms with van der Waals surface area (Å²) in [5, 5.41) is 0. The van der Waals surface area contributed by atoms with Crippen LogP contribution in [0.15, 0.2) is 12.7 Å². The van der Waals surface area contributed by atoms with Crippen LogP contribution in [0.25, 0.3) is 0 Å². The van der Waals surface area contributed by atoms with Crippen molar-refractivity contribution >= 4 is 5.97 Å². The van der Waals surface area contributed by atoms with Gasteiger partial charge in [-0.05, 0) is 12.8 Å². The van der Waals surface area contributed by atoms with Crippen molar-refractivity contribution in [2.75, 3.05) is 19.8 Å². The fraction of sp³-hybridized carbons (Fsp3) is 0.625. The molecule has 1 rings (SSSR count). The zero-order valence-corrected chi connectivity index (χ0v) is 6.58. The van der Waals surface area contributed by atoms with Crippen LogP contribution in [0, 0.1) is 0 Å². The van der Waals surface area contributed by atoms with Crippen molar-refractivity contribution in [2.24, 2.45) is 0 Å². The number of ether oxygens (including phenoxy) is 1. The third-order valence-electron chi connectivity index (χ3n) is 1.75. The van der Waals surface area contributed by atoms with Crippen LogP contribution < -0.4 is 0 Å². The molecule has 0 radical (unpaired) electrons. The van der Waals surface area contributed by atoms with Crippen molar-refractivity contribution in [1.82, 2.24) is 4.90 Å². The third-order valence-corrected chi connectivity index (χ3v) is 1.75. The fourth-order valence-electron chi connectivity index (χ4n) is 1.13. The second kappa shape index (κ2) is 4.13. The molecule has 1 fully saturated rings. The van der Waals surface area contributed by atoms with E-state index in [9.17, 15) is 4.79 Å². The molecule has 0 bridgehead atoms. The number of carbonyl (C=O) groups is 1. The maximum atomic E-state index is 10.6. The summed E-state index contributed by atoms with van der Waals surface area (Å²) in [6.07, 6.45) is 3.62. The van der Waals surface area contributed by atoms with Crippen LogP contribution >= 0.6 is 0 Å².